The fourth-order valence-corrected chi connectivity index (χ4v) is 7.32. The number of halogens is 3. The number of allylic oxidation sites excluding steroid dienone is 1. The van der Waals surface area contributed by atoms with Crippen LogP contribution in [0.25, 0.3) is 10.9 Å². The molecular formula is C31H46I3N2O2V. The van der Waals surface area contributed by atoms with Crippen molar-refractivity contribution in [3.05, 3.63) is 45.3 Å². The van der Waals surface area contributed by atoms with E-state index in [4.69, 9.17) is 4.74 Å². The Balaban J connectivity index is 0.000000983. The predicted molar refractivity (Wildman–Crippen MR) is 188 cm³/mol. The second kappa shape index (κ2) is 13.9. The van der Waals surface area contributed by atoms with E-state index < -0.39 is 5.41 Å². The van der Waals surface area contributed by atoms with Gasteiger partial charge >= 0.3 is 70.8 Å². The molecule has 2 heterocycles. The van der Waals surface area contributed by atoms with Gasteiger partial charge in [-0.1, -0.05) is 32.8 Å². The quantitative estimate of drug-likeness (QED) is 0.247. The van der Waals surface area contributed by atoms with E-state index in [1.807, 2.05) is 0 Å². The summed E-state index contributed by atoms with van der Waals surface area (Å²) in [5, 5.41) is 1.34. The Morgan fingerprint density at radius 1 is 1.13 bits per heavy atom. The first-order chi connectivity index (χ1) is 18.2. The molecule has 0 fully saturated rings. The fraction of sp³-hybridized carbons (Fsp3) is 0.645. The monoisotopic (exact) mass is 910 g/mol. The number of methoxy groups -OCH3 is 1. The molecule has 2 bridgehead atoms. The number of ether oxygens (including phenoxy) is 1. The van der Waals surface area contributed by atoms with Crippen molar-refractivity contribution in [2.45, 2.75) is 98.8 Å². The molecule has 1 aromatic carbocycles. The summed E-state index contributed by atoms with van der Waals surface area (Å²) in [5.41, 5.74) is 10.2. The molecule has 39 heavy (non-hydrogen) atoms. The van der Waals surface area contributed by atoms with E-state index in [-0.39, 0.29) is 16.3 Å². The Labute approximate surface area is 274 Å². The van der Waals surface area contributed by atoms with E-state index in [2.05, 4.69) is 132 Å². The molecule has 3 unspecified atom stereocenters. The summed E-state index contributed by atoms with van der Waals surface area (Å²) in [6, 6.07) is 0. The molecule has 1 aromatic heterocycles. The molecule has 0 saturated carbocycles. The van der Waals surface area contributed by atoms with Gasteiger partial charge in [-0.2, -0.15) is 0 Å². The normalized spacial score (nSPS) is 26.7. The Kier molecular flexibility index (Phi) is 12.1. The number of benzene rings is 1. The van der Waals surface area contributed by atoms with Crippen molar-refractivity contribution in [3.8, 4) is 0 Å². The number of aromatic nitrogens is 1. The van der Waals surface area contributed by atoms with E-state index in [9.17, 15) is 4.79 Å². The third-order valence-corrected chi connectivity index (χ3v) is 9.65. The van der Waals surface area contributed by atoms with Crippen LogP contribution in [-0.2, 0) is 26.3 Å². The van der Waals surface area contributed by atoms with Gasteiger partial charge < -0.3 is 14.6 Å². The fourth-order valence-electron chi connectivity index (χ4n) is 7.32. The van der Waals surface area contributed by atoms with Crippen molar-refractivity contribution >= 4 is 76.8 Å². The van der Waals surface area contributed by atoms with Gasteiger partial charge in [-0.05, 0) is 106 Å². The Morgan fingerprint density at radius 3 is 2.31 bits per heavy atom. The molecule has 2 aliphatic rings. The van der Waals surface area contributed by atoms with Gasteiger partial charge in [0.15, 0.2) is 0 Å². The number of fused-ring (bicyclic) bond motifs is 6. The van der Waals surface area contributed by atoms with Crippen LogP contribution < -0.4 is 0 Å². The van der Waals surface area contributed by atoms with Crippen molar-refractivity contribution < 1.29 is 14.5 Å². The summed E-state index contributed by atoms with van der Waals surface area (Å²) in [4.78, 5) is 19.6. The van der Waals surface area contributed by atoms with Crippen LogP contribution in [0.4, 0.5) is 0 Å². The van der Waals surface area contributed by atoms with Crippen molar-refractivity contribution in [2.75, 3.05) is 20.7 Å². The van der Waals surface area contributed by atoms with Crippen molar-refractivity contribution in [2.24, 2.45) is 11.3 Å². The molecule has 3 atom stereocenters. The molecule has 1 aliphatic carbocycles. The van der Waals surface area contributed by atoms with Gasteiger partial charge in [-0.3, -0.25) is 4.79 Å². The number of carbonyl (C=O) groups excluding carboxylic acids is 1. The number of esters is 1. The van der Waals surface area contributed by atoms with E-state index in [0.29, 0.717) is 12.5 Å². The summed E-state index contributed by atoms with van der Waals surface area (Å²) in [5.74, 6) is 0.603. The molecule has 4 nitrogen and oxygen atoms in total. The SMILES string of the molecule is CC/C1=C\N(C)CC2(C(=O)OC)Cc3c([nH]c4c(C)c(C)c(C)c(C)c34)C(C)(CCC(CC)C1)C2.[I][V]([I])[I]. The number of rotatable bonds is 3. The molecular weight excluding hydrogens is 864 g/mol. The summed E-state index contributed by atoms with van der Waals surface area (Å²) >= 11 is 7.39. The van der Waals surface area contributed by atoms with Crippen LogP contribution in [-0.4, -0.2) is 36.6 Å². The zero-order valence-electron chi connectivity index (χ0n) is 25.2. The van der Waals surface area contributed by atoms with Gasteiger partial charge in [0.1, 0.15) is 0 Å². The second-order valence-corrected chi connectivity index (χ2v) is 47.5. The second-order valence-electron chi connectivity index (χ2n) is 12.2. The third-order valence-electron chi connectivity index (χ3n) is 9.65. The molecule has 1 N–H and O–H groups in total. The predicted octanol–water partition coefficient (Wildman–Crippen LogP) is 9.86. The maximum atomic E-state index is 13.7. The zero-order chi connectivity index (χ0) is 29.3. The van der Waals surface area contributed by atoms with Gasteiger partial charge in [-0.25, -0.2) is 0 Å². The van der Waals surface area contributed by atoms with Crippen LogP contribution in [0.2, 0.25) is 0 Å². The van der Waals surface area contributed by atoms with Gasteiger partial charge in [-0.15, -0.1) is 0 Å². The molecule has 0 spiro atoms. The molecule has 218 valence electrons. The number of aryl methyl sites for hydroxylation is 2. The Morgan fingerprint density at radius 2 is 1.74 bits per heavy atom. The average molecular weight is 910 g/mol. The average Bonchev–Trinajstić information content (AvgIpc) is 3.26. The zero-order valence-corrected chi connectivity index (χ0v) is 33.0. The van der Waals surface area contributed by atoms with Gasteiger partial charge in [0, 0.05) is 35.6 Å². The maximum absolute atomic E-state index is 13.7. The van der Waals surface area contributed by atoms with E-state index in [1.54, 1.807) is 7.11 Å². The Bertz CT molecular complexity index is 1240. The first kappa shape index (κ1) is 34.0. The van der Waals surface area contributed by atoms with Crippen LogP contribution in [0.15, 0.2) is 11.8 Å². The van der Waals surface area contributed by atoms with Gasteiger partial charge in [0.05, 0.1) is 12.5 Å². The molecule has 0 saturated heterocycles. The minimum atomic E-state index is -0.569. The summed E-state index contributed by atoms with van der Waals surface area (Å²) in [6.45, 7) is 16.7. The standard InChI is InChI=1S/C31H46N2O2.3HI.V/c1-10-23-12-13-30(7)17-31(29(34)35-9,18-33(8)16-24(11-2)14-23)15-25-26-21(5)19(3)20(4)22(6)27(26)32-28(25)30;;;;/h16,23,32H,10-15,17-18H2,1-9H3;3*1H;/q;;;;+3/p-3/b24-16+;;;;. The molecule has 8 heteroatoms. The third kappa shape index (κ3) is 7.20. The van der Waals surface area contributed by atoms with Crippen molar-refractivity contribution in [3.63, 3.8) is 0 Å². The molecule has 0 radical (unpaired) electrons. The first-order valence-electron chi connectivity index (χ1n) is 14.1. The van der Waals surface area contributed by atoms with Crippen LogP contribution in [0.5, 0.6) is 0 Å². The first-order valence-corrected chi connectivity index (χ1v) is 27.6. The number of hydrogen-bond acceptors (Lipinski definition) is 3. The number of aromatic amines is 1. The van der Waals surface area contributed by atoms with Crippen LogP contribution >= 0.6 is 59.9 Å². The molecule has 4 rings (SSSR count). The van der Waals surface area contributed by atoms with E-state index in [0.717, 1.165) is 32.1 Å². The number of H-pyrrole nitrogens is 1. The molecule has 1 aliphatic heterocycles. The van der Waals surface area contributed by atoms with Gasteiger partial charge in [0.2, 0.25) is 0 Å². The number of hydrogen-bond donors (Lipinski definition) is 1. The van der Waals surface area contributed by atoms with Crippen LogP contribution in [0.1, 0.15) is 92.8 Å². The Hall–Kier alpha value is 0.544. The number of carbonyl (C=O) groups is 1. The van der Waals surface area contributed by atoms with Crippen LogP contribution in [0.3, 0.4) is 0 Å². The van der Waals surface area contributed by atoms with Crippen molar-refractivity contribution in [1.82, 2.24) is 9.88 Å². The van der Waals surface area contributed by atoms with Gasteiger partial charge in [0.25, 0.3) is 0 Å². The number of nitrogens with one attached hydrogen (secondary N) is 1. The van der Waals surface area contributed by atoms with Crippen LogP contribution in [0, 0.1) is 39.0 Å². The topological polar surface area (TPSA) is 45.3 Å². The summed E-state index contributed by atoms with van der Waals surface area (Å²) < 4.78 is 5.56. The summed E-state index contributed by atoms with van der Waals surface area (Å²) in [7, 11) is 3.71. The minimum absolute atomic E-state index is 0.0634. The van der Waals surface area contributed by atoms with E-state index >= 15 is 0 Å². The molecule has 0 amide bonds. The molecule has 2 aromatic rings. The number of nitrogens with zero attached hydrogens (tertiary/aromatic N) is 1. The van der Waals surface area contributed by atoms with E-state index in [1.165, 1.54) is 62.8 Å². The summed E-state index contributed by atoms with van der Waals surface area (Å²) in [6.07, 6.45) is 9.53. The van der Waals surface area contributed by atoms with Crippen molar-refractivity contribution in [1.29, 1.82) is 0 Å².